The average Bonchev–Trinajstić information content (AvgIpc) is 2.05. The lowest BCUT2D eigenvalue weighted by atomic mass is 10.0. The Morgan fingerprint density at radius 2 is 2.00 bits per heavy atom. The highest BCUT2D eigenvalue weighted by Crippen LogP contribution is 2.12. The number of nitrogens with two attached hydrogens (primary N) is 1. The molecule has 0 radical (unpaired) electrons. The van der Waals surface area contributed by atoms with Crippen molar-refractivity contribution in [2.45, 2.75) is 40.2 Å². The summed E-state index contributed by atoms with van der Waals surface area (Å²) in [6.07, 6.45) is 0.794. The molecular formula is C10H19NO2. The highest BCUT2D eigenvalue weighted by molar-refractivity contribution is 5.88. The molecule has 0 aliphatic carbocycles. The summed E-state index contributed by atoms with van der Waals surface area (Å²) in [5, 5.41) is 0. The van der Waals surface area contributed by atoms with Crippen molar-refractivity contribution < 1.29 is 9.53 Å². The van der Waals surface area contributed by atoms with Crippen molar-refractivity contribution in [3.8, 4) is 0 Å². The summed E-state index contributed by atoms with van der Waals surface area (Å²) in [6, 6.07) is -0.0746. The van der Waals surface area contributed by atoms with Crippen LogP contribution in [-0.2, 0) is 9.53 Å². The van der Waals surface area contributed by atoms with Gasteiger partial charge >= 0.3 is 5.97 Å². The maximum absolute atomic E-state index is 11.3. The molecule has 76 valence electrons. The van der Waals surface area contributed by atoms with E-state index in [1.165, 1.54) is 0 Å². The van der Waals surface area contributed by atoms with Gasteiger partial charge in [-0.25, -0.2) is 4.79 Å². The summed E-state index contributed by atoms with van der Waals surface area (Å²) in [4.78, 5) is 11.3. The fourth-order valence-electron chi connectivity index (χ4n) is 1.30. The number of carbonyl (C=O) groups is 1. The van der Waals surface area contributed by atoms with Crippen LogP contribution in [0.4, 0.5) is 0 Å². The lowest BCUT2D eigenvalue weighted by molar-refractivity contribution is -0.138. The molecule has 0 saturated carbocycles. The molecule has 3 heteroatoms. The second kappa shape index (κ2) is 5.75. The zero-order chi connectivity index (χ0) is 10.4. The van der Waals surface area contributed by atoms with Crippen LogP contribution in [0.3, 0.4) is 0 Å². The zero-order valence-corrected chi connectivity index (χ0v) is 8.89. The molecule has 2 N–H and O–H groups in total. The number of carbonyl (C=O) groups excluding carboxylic acids is 1. The molecule has 0 fully saturated rings. The fourth-order valence-corrected chi connectivity index (χ4v) is 1.30. The van der Waals surface area contributed by atoms with Crippen molar-refractivity contribution in [3.05, 3.63) is 11.1 Å². The van der Waals surface area contributed by atoms with Gasteiger partial charge in [-0.3, -0.25) is 0 Å². The van der Waals surface area contributed by atoms with Gasteiger partial charge in [-0.15, -0.1) is 0 Å². The highest BCUT2D eigenvalue weighted by Gasteiger charge is 2.12. The number of hydrogen-bond donors (Lipinski definition) is 1. The standard InChI is InChI=1S/C10H19NO2/c1-5-9(8(4)11)7(3)10(12)13-6-2/h8H,5-6,11H2,1-4H3. The van der Waals surface area contributed by atoms with Crippen LogP contribution < -0.4 is 5.73 Å². The minimum atomic E-state index is -0.253. The van der Waals surface area contributed by atoms with Gasteiger partial charge < -0.3 is 10.5 Å². The van der Waals surface area contributed by atoms with Crippen molar-refractivity contribution in [2.75, 3.05) is 6.61 Å². The third-order valence-corrected chi connectivity index (χ3v) is 1.99. The minimum Gasteiger partial charge on any atom is -0.463 e. The largest absolute Gasteiger partial charge is 0.463 e. The molecule has 0 aromatic heterocycles. The minimum absolute atomic E-state index is 0.0746. The van der Waals surface area contributed by atoms with Gasteiger partial charge in [-0.05, 0) is 32.8 Å². The highest BCUT2D eigenvalue weighted by atomic mass is 16.5. The second-order valence-corrected chi connectivity index (χ2v) is 3.01. The molecule has 0 aromatic carbocycles. The Morgan fingerprint density at radius 1 is 1.46 bits per heavy atom. The summed E-state index contributed by atoms with van der Waals surface area (Å²) in [5.74, 6) is -0.253. The molecule has 0 amide bonds. The maximum atomic E-state index is 11.3. The van der Waals surface area contributed by atoms with Crippen LogP contribution in [0.2, 0.25) is 0 Å². The molecule has 0 heterocycles. The van der Waals surface area contributed by atoms with Crippen LogP contribution in [0.1, 0.15) is 34.1 Å². The van der Waals surface area contributed by atoms with Crippen LogP contribution in [0.25, 0.3) is 0 Å². The first-order valence-corrected chi connectivity index (χ1v) is 4.66. The van der Waals surface area contributed by atoms with E-state index in [4.69, 9.17) is 10.5 Å². The van der Waals surface area contributed by atoms with Crippen LogP contribution in [0.15, 0.2) is 11.1 Å². The zero-order valence-electron chi connectivity index (χ0n) is 8.89. The first kappa shape index (κ1) is 12.2. The van der Waals surface area contributed by atoms with E-state index < -0.39 is 0 Å². The van der Waals surface area contributed by atoms with Crippen molar-refractivity contribution in [1.82, 2.24) is 0 Å². The van der Waals surface area contributed by atoms with E-state index in [0.29, 0.717) is 12.2 Å². The molecule has 0 aliphatic rings. The smallest absolute Gasteiger partial charge is 0.333 e. The topological polar surface area (TPSA) is 52.3 Å². The third kappa shape index (κ3) is 3.59. The van der Waals surface area contributed by atoms with Gasteiger partial charge in [-0.1, -0.05) is 6.92 Å². The Hall–Kier alpha value is -0.830. The first-order valence-electron chi connectivity index (χ1n) is 4.66. The van der Waals surface area contributed by atoms with Gasteiger partial charge in [0, 0.05) is 11.6 Å². The van der Waals surface area contributed by atoms with E-state index in [9.17, 15) is 4.79 Å². The van der Waals surface area contributed by atoms with Gasteiger partial charge in [0.1, 0.15) is 0 Å². The molecule has 0 spiro atoms. The molecule has 0 rings (SSSR count). The molecule has 1 unspecified atom stereocenters. The lowest BCUT2D eigenvalue weighted by Gasteiger charge is -2.12. The third-order valence-electron chi connectivity index (χ3n) is 1.99. The molecule has 0 saturated heterocycles. The molecular weight excluding hydrogens is 166 g/mol. The predicted molar refractivity (Wildman–Crippen MR) is 53.3 cm³/mol. The van der Waals surface area contributed by atoms with Gasteiger partial charge in [0.2, 0.25) is 0 Å². The molecule has 0 aromatic rings. The van der Waals surface area contributed by atoms with Crippen molar-refractivity contribution in [3.63, 3.8) is 0 Å². The maximum Gasteiger partial charge on any atom is 0.333 e. The Balaban J connectivity index is 4.64. The van der Waals surface area contributed by atoms with Gasteiger partial charge in [0.25, 0.3) is 0 Å². The fraction of sp³-hybridized carbons (Fsp3) is 0.700. The molecule has 3 nitrogen and oxygen atoms in total. The van der Waals surface area contributed by atoms with Crippen LogP contribution in [0, 0.1) is 0 Å². The quantitative estimate of drug-likeness (QED) is 0.535. The van der Waals surface area contributed by atoms with Gasteiger partial charge in [0.15, 0.2) is 0 Å². The lowest BCUT2D eigenvalue weighted by Crippen LogP contribution is -2.21. The van der Waals surface area contributed by atoms with Crippen LogP contribution in [0.5, 0.6) is 0 Å². The van der Waals surface area contributed by atoms with E-state index >= 15 is 0 Å². The number of hydrogen-bond acceptors (Lipinski definition) is 3. The number of rotatable bonds is 4. The van der Waals surface area contributed by atoms with E-state index in [1.807, 2.05) is 13.8 Å². The molecule has 0 aliphatic heterocycles. The van der Waals surface area contributed by atoms with Crippen molar-refractivity contribution >= 4 is 5.97 Å². The molecule has 0 bridgehead atoms. The van der Waals surface area contributed by atoms with Crippen molar-refractivity contribution in [1.29, 1.82) is 0 Å². The summed E-state index contributed by atoms with van der Waals surface area (Å²) in [6.45, 7) is 7.83. The molecule has 1 atom stereocenters. The normalized spacial score (nSPS) is 14.8. The number of ether oxygens (including phenoxy) is 1. The Morgan fingerprint density at radius 3 is 2.31 bits per heavy atom. The van der Waals surface area contributed by atoms with Gasteiger partial charge in [-0.2, -0.15) is 0 Å². The average molecular weight is 185 g/mol. The Kier molecular flexibility index (Phi) is 5.39. The Bertz CT molecular complexity index is 207. The van der Waals surface area contributed by atoms with E-state index in [-0.39, 0.29) is 12.0 Å². The first-order chi connectivity index (χ1) is 6.04. The molecule has 13 heavy (non-hydrogen) atoms. The van der Waals surface area contributed by atoms with E-state index in [1.54, 1.807) is 13.8 Å². The van der Waals surface area contributed by atoms with Crippen molar-refractivity contribution in [2.24, 2.45) is 5.73 Å². The number of esters is 1. The Labute approximate surface area is 79.9 Å². The summed E-state index contributed by atoms with van der Waals surface area (Å²) < 4.78 is 4.88. The summed E-state index contributed by atoms with van der Waals surface area (Å²) >= 11 is 0. The SMILES string of the molecule is CCOC(=O)C(C)=C(CC)C(C)N. The monoisotopic (exact) mass is 185 g/mol. The van der Waals surface area contributed by atoms with E-state index in [2.05, 4.69) is 0 Å². The van der Waals surface area contributed by atoms with Crippen LogP contribution in [-0.4, -0.2) is 18.6 Å². The van der Waals surface area contributed by atoms with E-state index in [0.717, 1.165) is 12.0 Å². The summed E-state index contributed by atoms with van der Waals surface area (Å²) in [5.41, 5.74) is 7.34. The summed E-state index contributed by atoms with van der Waals surface area (Å²) in [7, 11) is 0. The predicted octanol–water partition coefficient (Wildman–Crippen LogP) is 1.62. The van der Waals surface area contributed by atoms with Gasteiger partial charge in [0.05, 0.1) is 6.61 Å². The van der Waals surface area contributed by atoms with Crippen LogP contribution >= 0.6 is 0 Å². The second-order valence-electron chi connectivity index (χ2n) is 3.01.